The Kier molecular flexibility index (Phi) is 8.91. The highest BCUT2D eigenvalue weighted by molar-refractivity contribution is 7.89. The van der Waals surface area contributed by atoms with Gasteiger partial charge < -0.3 is 9.84 Å². The van der Waals surface area contributed by atoms with Crippen LogP contribution in [0.25, 0.3) is 10.6 Å². The van der Waals surface area contributed by atoms with E-state index in [9.17, 15) is 18.3 Å². The van der Waals surface area contributed by atoms with Gasteiger partial charge in [0.1, 0.15) is 16.4 Å². The first-order valence-corrected chi connectivity index (χ1v) is 16.4. The molecule has 3 N–H and O–H groups in total. The third kappa shape index (κ3) is 6.81. The van der Waals surface area contributed by atoms with Crippen molar-refractivity contribution in [2.45, 2.75) is 62.0 Å². The molecule has 1 atom stereocenters. The van der Waals surface area contributed by atoms with E-state index in [1.807, 2.05) is 67.6 Å². The molecule has 0 fully saturated rings. The lowest BCUT2D eigenvalue weighted by Crippen LogP contribution is -2.42. The van der Waals surface area contributed by atoms with Gasteiger partial charge in [-0.1, -0.05) is 91.9 Å². The number of rotatable bonds is 11. The quantitative estimate of drug-likeness (QED) is 0.184. The SMILES string of the molecule is CCC(C1=C(O)CC(CCc2ccccc2)(CCc2ccccc2)OC1=O)c1ccc(-c2nc(S(N)(=O)=O)cs2)cc1. The Balaban J connectivity index is 1.40. The molecule has 2 heterocycles. The number of aryl methyl sites for hydroxylation is 2. The molecule has 7 nitrogen and oxygen atoms in total. The highest BCUT2D eigenvalue weighted by Crippen LogP contribution is 2.42. The summed E-state index contributed by atoms with van der Waals surface area (Å²) < 4.78 is 29.5. The highest BCUT2D eigenvalue weighted by Gasteiger charge is 2.43. The van der Waals surface area contributed by atoms with Crippen LogP contribution < -0.4 is 5.14 Å². The smallest absolute Gasteiger partial charge is 0.338 e. The first-order chi connectivity index (χ1) is 20.2. The lowest BCUT2D eigenvalue weighted by Gasteiger charge is -2.39. The summed E-state index contributed by atoms with van der Waals surface area (Å²) in [5.74, 6) is -0.751. The number of carbonyl (C=O) groups excluding carboxylic acids is 1. The van der Waals surface area contributed by atoms with Gasteiger partial charge in [-0.15, -0.1) is 11.3 Å². The molecule has 0 spiro atoms. The van der Waals surface area contributed by atoms with Crippen molar-refractivity contribution in [1.29, 1.82) is 0 Å². The van der Waals surface area contributed by atoms with Gasteiger partial charge in [-0.25, -0.2) is 23.3 Å². The van der Waals surface area contributed by atoms with E-state index in [-0.39, 0.29) is 23.1 Å². The summed E-state index contributed by atoms with van der Waals surface area (Å²) in [6, 6.07) is 27.6. The van der Waals surface area contributed by atoms with Crippen molar-refractivity contribution in [3.05, 3.63) is 118 Å². The maximum atomic E-state index is 13.7. The van der Waals surface area contributed by atoms with E-state index in [4.69, 9.17) is 9.88 Å². The predicted molar refractivity (Wildman–Crippen MR) is 165 cm³/mol. The maximum absolute atomic E-state index is 13.7. The van der Waals surface area contributed by atoms with Gasteiger partial charge in [0, 0.05) is 23.3 Å². The molecule has 4 aromatic rings. The number of nitrogens with two attached hydrogens (primary N) is 1. The predicted octanol–water partition coefficient (Wildman–Crippen LogP) is 6.71. The van der Waals surface area contributed by atoms with E-state index in [2.05, 4.69) is 29.2 Å². The Morgan fingerprint density at radius 3 is 2.00 bits per heavy atom. The Labute approximate surface area is 250 Å². The van der Waals surface area contributed by atoms with Gasteiger partial charge in [-0.3, -0.25) is 0 Å². The number of aromatic nitrogens is 1. The Morgan fingerprint density at radius 1 is 0.952 bits per heavy atom. The van der Waals surface area contributed by atoms with Crippen molar-refractivity contribution in [3.63, 3.8) is 0 Å². The largest absolute Gasteiger partial charge is 0.512 e. The Hall–Kier alpha value is -3.79. The van der Waals surface area contributed by atoms with Crippen molar-refractivity contribution >= 4 is 27.3 Å². The fourth-order valence-corrected chi connectivity index (χ4v) is 7.22. The van der Waals surface area contributed by atoms with Crippen LogP contribution in [0, 0.1) is 0 Å². The summed E-state index contributed by atoms with van der Waals surface area (Å²) in [6.45, 7) is 1.97. The molecule has 42 heavy (non-hydrogen) atoms. The molecular weight excluding hydrogens is 569 g/mol. The second kappa shape index (κ2) is 12.6. The molecule has 1 unspecified atom stereocenters. The fourth-order valence-electron chi connectivity index (χ4n) is 5.57. The van der Waals surface area contributed by atoms with Gasteiger partial charge in [-0.2, -0.15) is 0 Å². The van der Waals surface area contributed by atoms with Crippen LogP contribution in [0.2, 0.25) is 0 Å². The van der Waals surface area contributed by atoms with Crippen LogP contribution >= 0.6 is 11.3 Å². The topological polar surface area (TPSA) is 120 Å². The molecule has 0 bridgehead atoms. The number of cyclic esters (lactones) is 1. The number of ether oxygens (including phenoxy) is 1. The molecule has 0 saturated carbocycles. The molecule has 1 aliphatic heterocycles. The van der Waals surface area contributed by atoms with Crippen LogP contribution in [-0.4, -0.2) is 30.1 Å². The Morgan fingerprint density at radius 2 is 1.52 bits per heavy atom. The summed E-state index contributed by atoms with van der Waals surface area (Å²) in [5, 5.41) is 18.4. The molecule has 1 aliphatic rings. The standard InChI is InChI=1S/C33H34N2O5S2/c1-2-27(25-13-15-26(16-14-25)31-35-29(22-41-31)42(34,38)39)30-28(36)21-33(40-32(30)37,19-17-23-9-5-3-6-10-23)20-18-24-11-7-4-8-12-24/h3-16,22,27,36H,2,17-21H2,1H3,(H2,34,38,39). The number of thiazole rings is 1. The number of hydrogen-bond acceptors (Lipinski definition) is 7. The number of aliphatic hydroxyl groups excluding tert-OH is 1. The molecule has 0 amide bonds. The third-order valence-electron chi connectivity index (χ3n) is 7.85. The monoisotopic (exact) mass is 602 g/mol. The van der Waals surface area contributed by atoms with Gasteiger partial charge in [0.25, 0.3) is 10.0 Å². The molecule has 0 radical (unpaired) electrons. The maximum Gasteiger partial charge on any atom is 0.338 e. The lowest BCUT2D eigenvalue weighted by atomic mass is 9.79. The second-order valence-electron chi connectivity index (χ2n) is 10.7. The zero-order chi connectivity index (χ0) is 29.7. The van der Waals surface area contributed by atoms with Gasteiger partial charge in [-0.05, 0) is 48.8 Å². The van der Waals surface area contributed by atoms with Gasteiger partial charge in [0.05, 0.1) is 5.57 Å². The van der Waals surface area contributed by atoms with E-state index < -0.39 is 21.6 Å². The van der Waals surface area contributed by atoms with Crippen LogP contribution in [0.15, 0.2) is 107 Å². The van der Waals surface area contributed by atoms with E-state index >= 15 is 0 Å². The zero-order valence-electron chi connectivity index (χ0n) is 23.4. The van der Waals surface area contributed by atoms with E-state index in [0.717, 1.165) is 35.1 Å². The van der Waals surface area contributed by atoms with Crippen molar-refractivity contribution < 1.29 is 23.1 Å². The molecular formula is C33H34N2O5S2. The first kappa shape index (κ1) is 29.7. The second-order valence-corrected chi connectivity index (χ2v) is 13.1. The average Bonchev–Trinajstić information content (AvgIpc) is 3.50. The summed E-state index contributed by atoms with van der Waals surface area (Å²) in [4.78, 5) is 17.8. The molecule has 9 heteroatoms. The Bertz CT molecular complexity index is 1620. The summed E-state index contributed by atoms with van der Waals surface area (Å²) in [5.41, 5.74) is 3.38. The van der Waals surface area contributed by atoms with Crippen LogP contribution in [-0.2, 0) is 32.4 Å². The molecule has 0 saturated heterocycles. The van der Waals surface area contributed by atoms with Crippen LogP contribution in [0.4, 0.5) is 0 Å². The summed E-state index contributed by atoms with van der Waals surface area (Å²) in [7, 11) is -3.88. The molecule has 0 aliphatic carbocycles. The number of carbonyl (C=O) groups is 1. The summed E-state index contributed by atoms with van der Waals surface area (Å²) in [6.07, 6.45) is 3.52. The van der Waals surface area contributed by atoms with Gasteiger partial charge in [0.15, 0.2) is 5.03 Å². The molecule has 3 aromatic carbocycles. The fraction of sp³-hybridized carbons (Fsp3) is 0.273. The summed E-state index contributed by atoms with van der Waals surface area (Å²) >= 11 is 1.19. The average molecular weight is 603 g/mol. The van der Waals surface area contributed by atoms with Crippen LogP contribution in [0.3, 0.4) is 0 Å². The molecule has 218 valence electrons. The highest BCUT2D eigenvalue weighted by atomic mass is 32.2. The van der Waals surface area contributed by atoms with E-state index in [1.165, 1.54) is 16.7 Å². The number of hydrogen-bond donors (Lipinski definition) is 2. The normalized spacial score (nSPS) is 15.8. The third-order valence-corrected chi connectivity index (χ3v) is 9.68. The van der Waals surface area contributed by atoms with Crippen molar-refractivity contribution in [2.24, 2.45) is 5.14 Å². The van der Waals surface area contributed by atoms with Gasteiger partial charge >= 0.3 is 5.97 Å². The lowest BCUT2D eigenvalue weighted by molar-refractivity contribution is -0.161. The number of sulfonamides is 1. The first-order valence-electron chi connectivity index (χ1n) is 14.0. The minimum absolute atomic E-state index is 0.0843. The van der Waals surface area contributed by atoms with Crippen molar-refractivity contribution in [1.82, 2.24) is 4.98 Å². The number of esters is 1. The minimum Gasteiger partial charge on any atom is -0.512 e. The number of benzene rings is 3. The van der Waals surface area contributed by atoms with Crippen LogP contribution in [0.5, 0.6) is 0 Å². The van der Waals surface area contributed by atoms with E-state index in [1.54, 1.807) is 0 Å². The molecule has 1 aromatic heterocycles. The molecule has 5 rings (SSSR count). The zero-order valence-corrected chi connectivity index (χ0v) is 25.0. The minimum atomic E-state index is -3.88. The van der Waals surface area contributed by atoms with Crippen molar-refractivity contribution in [3.8, 4) is 10.6 Å². The number of primary sulfonamides is 1. The van der Waals surface area contributed by atoms with Crippen LogP contribution in [0.1, 0.15) is 55.2 Å². The number of aliphatic hydroxyl groups is 1. The number of nitrogens with zero attached hydrogens (tertiary/aromatic N) is 1. The van der Waals surface area contributed by atoms with E-state index in [0.29, 0.717) is 29.8 Å². The van der Waals surface area contributed by atoms with Crippen molar-refractivity contribution in [2.75, 3.05) is 0 Å². The van der Waals surface area contributed by atoms with Gasteiger partial charge in [0.2, 0.25) is 0 Å².